The molecule has 1 saturated heterocycles. The van der Waals surface area contributed by atoms with E-state index in [2.05, 4.69) is 37.3 Å². The first-order chi connectivity index (χ1) is 11.0. The van der Waals surface area contributed by atoms with Gasteiger partial charge in [0.1, 0.15) is 11.5 Å². The molecule has 1 N–H and O–H groups in total. The maximum Gasteiger partial charge on any atom is 0.275 e. The van der Waals surface area contributed by atoms with Crippen molar-refractivity contribution in [3.05, 3.63) is 29.3 Å². The molecule has 3 heterocycles. The topological polar surface area (TPSA) is 87.4 Å². The molecule has 122 valence electrons. The lowest BCUT2D eigenvalue weighted by atomic mass is 10.3. The Bertz CT molecular complexity index is 706. The van der Waals surface area contributed by atoms with Crippen LogP contribution >= 0.6 is 0 Å². The van der Waals surface area contributed by atoms with Gasteiger partial charge in [0.15, 0.2) is 5.82 Å². The molecule has 1 aliphatic heterocycles. The van der Waals surface area contributed by atoms with Gasteiger partial charge in [0.2, 0.25) is 5.95 Å². The fourth-order valence-electron chi connectivity index (χ4n) is 2.42. The largest absolute Gasteiger partial charge is 0.360 e. The average molecular weight is 316 g/mol. The summed E-state index contributed by atoms with van der Waals surface area (Å²) >= 11 is 0. The molecule has 1 fully saturated rings. The number of likely N-dealkylation sites (N-methyl/N-ethyl adjacent to an activating group) is 1. The van der Waals surface area contributed by atoms with Crippen LogP contribution in [-0.2, 0) is 0 Å². The van der Waals surface area contributed by atoms with Crippen molar-refractivity contribution >= 4 is 17.7 Å². The predicted molar refractivity (Wildman–Crippen MR) is 85.7 cm³/mol. The summed E-state index contributed by atoms with van der Waals surface area (Å²) < 4.78 is 4.94. The summed E-state index contributed by atoms with van der Waals surface area (Å²) in [5, 5.41) is 6.44. The minimum Gasteiger partial charge on any atom is -0.360 e. The van der Waals surface area contributed by atoms with E-state index in [0.717, 1.165) is 31.9 Å². The molecule has 23 heavy (non-hydrogen) atoms. The van der Waals surface area contributed by atoms with Crippen molar-refractivity contribution in [3.63, 3.8) is 0 Å². The number of nitrogens with zero attached hydrogens (tertiary/aromatic N) is 5. The highest BCUT2D eigenvalue weighted by Crippen LogP contribution is 2.14. The molecular weight excluding hydrogens is 296 g/mol. The maximum atomic E-state index is 12.4. The second-order valence-corrected chi connectivity index (χ2v) is 5.76. The number of aromatic nitrogens is 3. The summed E-state index contributed by atoms with van der Waals surface area (Å²) in [5.74, 6) is 1.29. The number of rotatable bonds is 3. The van der Waals surface area contributed by atoms with Gasteiger partial charge in [-0.05, 0) is 27.0 Å². The monoisotopic (exact) mass is 316 g/mol. The number of hydrogen-bond donors (Lipinski definition) is 1. The van der Waals surface area contributed by atoms with Crippen LogP contribution in [0.15, 0.2) is 16.7 Å². The molecule has 8 heteroatoms. The van der Waals surface area contributed by atoms with Gasteiger partial charge in [-0.25, -0.2) is 9.97 Å². The van der Waals surface area contributed by atoms with Crippen LogP contribution in [0.4, 0.5) is 11.8 Å². The quantitative estimate of drug-likeness (QED) is 0.906. The molecule has 2 aromatic rings. The van der Waals surface area contributed by atoms with Crippen LogP contribution in [0.3, 0.4) is 0 Å². The summed E-state index contributed by atoms with van der Waals surface area (Å²) in [6.45, 7) is 7.24. The SMILES string of the molecule is Cc1cc(C(=O)Nc2cc(C)on2)nc(N2CCN(C)CC2)n1. The Labute approximate surface area is 134 Å². The minimum absolute atomic E-state index is 0.320. The van der Waals surface area contributed by atoms with Gasteiger partial charge in [0.25, 0.3) is 5.91 Å². The van der Waals surface area contributed by atoms with E-state index in [1.807, 2.05) is 6.92 Å². The summed E-state index contributed by atoms with van der Waals surface area (Å²) in [7, 11) is 2.09. The molecule has 0 spiro atoms. The van der Waals surface area contributed by atoms with Crippen molar-refractivity contribution in [1.82, 2.24) is 20.0 Å². The van der Waals surface area contributed by atoms with Gasteiger partial charge in [-0.3, -0.25) is 4.79 Å². The zero-order valence-corrected chi connectivity index (χ0v) is 13.5. The van der Waals surface area contributed by atoms with E-state index in [1.54, 1.807) is 19.1 Å². The van der Waals surface area contributed by atoms with Crippen LogP contribution in [0.5, 0.6) is 0 Å². The van der Waals surface area contributed by atoms with Gasteiger partial charge in [-0.2, -0.15) is 0 Å². The highest BCUT2D eigenvalue weighted by atomic mass is 16.5. The first-order valence-corrected chi connectivity index (χ1v) is 7.55. The molecule has 2 aromatic heterocycles. The minimum atomic E-state index is -0.320. The molecule has 0 bridgehead atoms. The zero-order chi connectivity index (χ0) is 16.4. The Kier molecular flexibility index (Phi) is 4.24. The summed E-state index contributed by atoms with van der Waals surface area (Å²) in [6, 6.07) is 3.33. The van der Waals surface area contributed by atoms with Crippen LogP contribution in [0.2, 0.25) is 0 Å². The summed E-state index contributed by atoms with van der Waals surface area (Å²) in [5.41, 5.74) is 1.09. The lowest BCUT2D eigenvalue weighted by Gasteiger charge is -2.32. The zero-order valence-electron chi connectivity index (χ0n) is 13.5. The van der Waals surface area contributed by atoms with E-state index < -0.39 is 0 Å². The van der Waals surface area contributed by atoms with E-state index in [4.69, 9.17) is 4.52 Å². The Morgan fingerprint density at radius 3 is 2.57 bits per heavy atom. The second-order valence-electron chi connectivity index (χ2n) is 5.76. The van der Waals surface area contributed by atoms with Crippen LogP contribution in [0.25, 0.3) is 0 Å². The van der Waals surface area contributed by atoms with Crippen LogP contribution in [0, 0.1) is 13.8 Å². The van der Waals surface area contributed by atoms with Gasteiger partial charge >= 0.3 is 0 Å². The number of piperazine rings is 1. The first kappa shape index (κ1) is 15.4. The number of carbonyl (C=O) groups is 1. The molecule has 8 nitrogen and oxygen atoms in total. The molecule has 0 aliphatic carbocycles. The summed E-state index contributed by atoms with van der Waals surface area (Å²) in [4.78, 5) is 25.6. The van der Waals surface area contributed by atoms with Crippen LogP contribution < -0.4 is 10.2 Å². The van der Waals surface area contributed by atoms with Crippen molar-refractivity contribution in [2.24, 2.45) is 0 Å². The molecule has 1 aliphatic rings. The molecule has 3 rings (SSSR count). The Morgan fingerprint density at radius 1 is 1.17 bits per heavy atom. The Balaban J connectivity index is 1.78. The van der Waals surface area contributed by atoms with Crippen molar-refractivity contribution in [1.29, 1.82) is 0 Å². The number of anilines is 2. The lowest BCUT2D eigenvalue weighted by molar-refractivity contribution is 0.102. The molecule has 0 saturated carbocycles. The smallest absolute Gasteiger partial charge is 0.275 e. The molecule has 0 radical (unpaired) electrons. The first-order valence-electron chi connectivity index (χ1n) is 7.55. The molecule has 1 amide bonds. The third-order valence-electron chi connectivity index (χ3n) is 3.73. The maximum absolute atomic E-state index is 12.4. The van der Waals surface area contributed by atoms with Crippen molar-refractivity contribution in [3.8, 4) is 0 Å². The summed E-state index contributed by atoms with van der Waals surface area (Å²) in [6.07, 6.45) is 0. The van der Waals surface area contributed by atoms with Crippen molar-refractivity contribution in [2.75, 3.05) is 43.4 Å². The predicted octanol–water partition coefficient (Wildman–Crippen LogP) is 1.09. The highest BCUT2D eigenvalue weighted by Gasteiger charge is 2.19. The van der Waals surface area contributed by atoms with E-state index in [1.165, 1.54) is 0 Å². The molecule has 0 aromatic carbocycles. The lowest BCUT2D eigenvalue weighted by Crippen LogP contribution is -2.45. The number of amides is 1. The van der Waals surface area contributed by atoms with Crippen LogP contribution in [0.1, 0.15) is 21.9 Å². The van der Waals surface area contributed by atoms with Crippen molar-refractivity contribution < 1.29 is 9.32 Å². The fourth-order valence-corrected chi connectivity index (χ4v) is 2.42. The van der Waals surface area contributed by atoms with Gasteiger partial charge in [-0.15, -0.1) is 0 Å². The van der Waals surface area contributed by atoms with E-state index in [9.17, 15) is 4.79 Å². The molecule has 0 unspecified atom stereocenters. The number of aryl methyl sites for hydroxylation is 2. The van der Waals surface area contributed by atoms with Gasteiger partial charge in [0.05, 0.1) is 0 Å². The normalized spacial score (nSPS) is 15.7. The van der Waals surface area contributed by atoms with Gasteiger partial charge in [-0.1, -0.05) is 5.16 Å². The standard InChI is InChI=1S/C15H20N6O2/c1-10-8-12(14(22)18-13-9-11(2)23-19-13)17-15(16-10)21-6-4-20(3)5-7-21/h8-9H,4-7H2,1-3H3,(H,18,19,22). The second kappa shape index (κ2) is 6.33. The van der Waals surface area contributed by atoms with E-state index in [-0.39, 0.29) is 5.91 Å². The van der Waals surface area contributed by atoms with Crippen molar-refractivity contribution in [2.45, 2.75) is 13.8 Å². The van der Waals surface area contributed by atoms with Crippen LogP contribution in [-0.4, -0.2) is 59.2 Å². The average Bonchev–Trinajstić information content (AvgIpc) is 2.92. The molecular formula is C15H20N6O2. The third kappa shape index (κ3) is 3.65. The Hall–Kier alpha value is -2.48. The fraction of sp³-hybridized carbons (Fsp3) is 0.467. The van der Waals surface area contributed by atoms with Gasteiger partial charge in [0, 0.05) is 37.9 Å². The number of carbonyl (C=O) groups excluding carboxylic acids is 1. The Morgan fingerprint density at radius 2 is 1.91 bits per heavy atom. The third-order valence-corrected chi connectivity index (χ3v) is 3.73. The van der Waals surface area contributed by atoms with E-state index in [0.29, 0.717) is 23.2 Å². The van der Waals surface area contributed by atoms with Gasteiger partial charge < -0.3 is 19.6 Å². The number of nitrogens with one attached hydrogen (secondary N) is 1. The van der Waals surface area contributed by atoms with E-state index >= 15 is 0 Å². The number of hydrogen-bond acceptors (Lipinski definition) is 7. The molecule has 0 atom stereocenters. The highest BCUT2D eigenvalue weighted by molar-refractivity contribution is 6.02.